The smallest absolute Gasteiger partial charge is 0.240 e. The Morgan fingerprint density at radius 2 is 2.33 bits per heavy atom. The van der Waals surface area contributed by atoms with Crippen molar-refractivity contribution >= 4 is 28.3 Å². The van der Waals surface area contributed by atoms with E-state index in [0.717, 1.165) is 12.2 Å². The molecule has 1 aliphatic rings. The highest BCUT2D eigenvalue weighted by Gasteiger charge is 2.30. The molecule has 116 valence electrons. The first-order valence-corrected chi connectivity index (χ1v) is 7.73. The molecule has 0 spiro atoms. The molecule has 0 aliphatic carbocycles. The van der Waals surface area contributed by atoms with Crippen molar-refractivity contribution in [3.63, 3.8) is 0 Å². The molecule has 0 bridgehead atoms. The lowest BCUT2D eigenvalue weighted by Crippen LogP contribution is -2.58. The summed E-state index contributed by atoms with van der Waals surface area (Å²) in [6.45, 7) is 4.11. The molecule has 1 unspecified atom stereocenters. The van der Waals surface area contributed by atoms with Gasteiger partial charge in [0.2, 0.25) is 11.8 Å². The van der Waals surface area contributed by atoms with Gasteiger partial charge in [-0.15, -0.1) is 11.3 Å². The van der Waals surface area contributed by atoms with Gasteiger partial charge in [-0.2, -0.15) is 0 Å². The second kappa shape index (κ2) is 6.97. The second-order valence-corrected chi connectivity index (χ2v) is 6.12. The van der Waals surface area contributed by atoms with Gasteiger partial charge in [-0.1, -0.05) is 0 Å². The van der Waals surface area contributed by atoms with Crippen molar-refractivity contribution in [2.24, 2.45) is 0 Å². The summed E-state index contributed by atoms with van der Waals surface area (Å²) in [7, 11) is 3.46. The summed E-state index contributed by atoms with van der Waals surface area (Å²) < 4.78 is 0. The predicted octanol–water partition coefficient (Wildman–Crippen LogP) is -0.248. The van der Waals surface area contributed by atoms with Gasteiger partial charge in [0.15, 0.2) is 5.13 Å². The molecule has 2 N–H and O–H groups in total. The van der Waals surface area contributed by atoms with Crippen LogP contribution in [0.3, 0.4) is 0 Å². The predicted molar refractivity (Wildman–Crippen MR) is 82.4 cm³/mol. The summed E-state index contributed by atoms with van der Waals surface area (Å²) in [5.41, 5.74) is 0.887. The summed E-state index contributed by atoms with van der Waals surface area (Å²) in [6.07, 6.45) is 0. The van der Waals surface area contributed by atoms with Crippen LogP contribution < -0.4 is 10.6 Å². The molecule has 1 saturated heterocycles. The average Bonchev–Trinajstić information content (AvgIpc) is 2.83. The maximum absolute atomic E-state index is 12.2. The monoisotopic (exact) mass is 311 g/mol. The van der Waals surface area contributed by atoms with E-state index in [1.54, 1.807) is 19.0 Å². The molecule has 21 heavy (non-hydrogen) atoms. The van der Waals surface area contributed by atoms with Crippen LogP contribution in [0.25, 0.3) is 0 Å². The normalized spacial score (nSPS) is 19.3. The van der Waals surface area contributed by atoms with E-state index in [4.69, 9.17) is 0 Å². The van der Waals surface area contributed by atoms with Crippen molar-refractivity contribution in [2.75, 3.05) is 45.6 Å². The zero-order chi connectivity index (χ0) is 15.4. The Hall–Kier alpha value is -1.51. The van der Waals surface area contributed by atoms with E-state index < -0.39 is 0 Å². The number of hydrogen-bond donors (Lipinski definition) is 2. The van der Waals surface area contributed by atoms with Crippen molar-refractivity contribution < 1.29 is 9.59 Å². The van der Waals surface area contributed by atoms with Crippen molar-refractivity contribution in [2.45, 2.75) is 13.0 Å². The van der Waals surface area contributed by atoms with E-state index in [9.17, 15) is 9.59 Å². The summed E-state index contributed by atoms with van der Waals surface area (Å²) in [4.78, 5) is 31.9. The van der Waals surface area contributed by atoms with E-state index in [-0.39, 0.29) is 24.4 Å². The van der Waals surface area contributed by atoms with Gasteiger partial charge >= 0.3 is 0 Å². The van der Waals surface area contributed by atoms with Crippen LogP contribution in [0.2, 0.25) is 0 Å². The Balaban J connectivity index is 1.95. The van der Waals surface area contributed by atoms with E-state index in [1.165, 1.54) is 11.3 Å². The molecule has 2 amide bonds. The molecule has 2 rings (SSSR count). The van der Waals surface area contributed by atoms with Crippen LogP contribution in [-0.4, -0.2) is 72.9 Å². The van der Waals surface area contributed by atoms with E-state index in [0.29, 0.717) is 18.2 Å². The molecule has 0 saturated carbocycles. The van der Waals surface area contributed by atoms with E-state index in [1.807, 2.05) is 17.2 Å². The molecule has 1 aromatic heterocycles. The zero-order valence-electron chi connectivity index (χ0n) is 12.5. The third kappa shape index (κ3) is 4.23. The molecule has 1 fully saturated rings. The number of aromatic nitrogens is 1. The van der Waals surface area contributed by atoms with E-state index in [2.05, 4.69) is 15.6 Å². The molecular formula is C13H21N5O2S. The number of amides is 2. The van der Waals surface area contributed by atoms with Crippen LogP contribution in [0.5, 0.6) is 0 Å². The number of thiazole rings is 1. The minimum atomic E-state index is -0.294. The van der Waals surface area contributed by atoms with Gasteiger partial charge in [0.25, 0.3) is 0 Å². The quantitative estimate of drug-likeness (QED) is 0.802. The fraction of sp³-hybridized carbons (Fsp3) is 0.615. The fourth-order valence-corrected chi connectivity index (χ4v) is 2.94. The number of likely N-dealkylation sites (N-methyl/N-ethyl adjacent to an activating group) is 1. The Bertz CT molecular complexity index is 516. The Labute approximate surface area is 128 Å². The molecule has 1 aromatic rings. The second-order valence-electron chi connectivity index (χ2n) is 5.27. The number of hydrogen-bond acceptors (Lipinski definition) is 6. The average molecular weight is 311 g/mol. The van der Waals surface area contributed by atoms with Gasteiger partial charge < -0.3 is 15.5 Å². The fourth-order valence-electron chi connectivity index (χ4n) is 2.23. The van der Waals surface area contributed by atoms with Crippen LogP contribution in [-0.2, 0) is 9.59 Å². The summed E-state index contributed by atoms with van der Waals surface area (Å²) >= 11 is 1.40. The SMILES string of the molecule is Cc1csc(NC(=O)CN2CCNCC2C(=O)N(C)C)n1. The molecule has 1 aliphatic heterocycles. The van der Waals surface area contributed by atoms with E-state index >= 15 is 0 Å². The first-order valence-electron chi connectivity index (χ1n) is 6.85. The van der Waals surface area contributed by atoms with Gasteiger partial charge in [-0.05, 0) is 6.92 Å². The number of rotatable bonds is 4. The number of nitrogens with zero attached hydrogens (tertiary/aromatic N) is 3. The standard InChI is InChI=1S/C13H21N5O2S/c1-9-8-21-13(15-9)16-11(19)7-18-5-4-14-6-10(18)12(20)17(2)3/h8,10,14H,4-7H2,1-3H3,(H,15,16,19). The number of nitrogens with one attached hydrogen (secondary N) is 2. The number of piperazine rings is 1. The van der Waals surface area contributed by atoms with Gasteiger partial charge in [0.05, 0.1) is 12.2 Å². The largest absolute Gasteiger partial charge is 0.347 e. The summed E-state index contributed by atoms with van der Waals surface area (Å²) in [5, 5.41) is 8.46. The van der Waals surface area contributed by atoms with Gasteiger partial charge in [-0.3, -0.25) is 14.5 Å². The Morgan fingerprint density at radius 3 is 2.95 bits per heavy atom. The van der Waals surface area contributed by atoms with Crippen LogP contribution >= 0.6 is 11.3 Å². The molecule has 2 heterocycles. The lowest BCUT2D eigenvalue weighted by atomic mass is 10.1. The number of anilines is 1. The van der Waals surface area contributed by atoms with Crippen LogP contribution in [0.15, 0.2) is 5.38 Å². The Morgan fingerprint density at radius 1 is 1.57 bits per heavy atom. The topological polar surface area (TPSA) is 77.6 Å². The minimum absolute atomic E-state index is 0.0140. The van der Waals surface area contributed by atoms with Crippen LogP contribution in [0, 0.1) is 6.92 Å². The van der Waals surface area contributed by atoms with Gasteiger partial charge in [-0.25, -0.2) is 4.98 Å². The molecule has 0 radical (unpaired) electrons. The maximum atomic E-state index is 12.2. The molecule has 7 nitrogen and oxygen atoms in total. The number of carbonyl (C=O) groups excluding carboxylic acids is 2. The minimum Gasteiger partial charge on any atom is -0.347 e. The molecule has 8 heteroatoms. The lowest BCUT2D eigenvalue weighted by Gasteiger charge is -2.35. The summed E-state index contributed by atoms with van der Waals surface area (Å²) in [5.74, 6) is -0.122. The highest BCUT2D eigenvalue weighted by atomic mass is 32.1. The first kappa shape index (κ1) is 15.9. The number of aryl methyl sites for hydroxylation is 1. The molecule has 0 aromatic carbocycles. The molecule has 1 atom stereocenters. The van der Waals surface area contributed by atoms with Crippen molar-refractivity contribution in [3.8, 4) is 0 Å². The molecular weight excluding hydrogens is 290 g/mol. The zero-order valence-corrected chi connectivity index (χ0v) is 13.4. The van der Waals surface area contributed by atoms with Crippen molar-refractivity contribution in [1.82, 2.24) is 20.1 Å². The van der Waals surface area contributed by atoms with Gasteiger partial charge in [0, 0.05) is 39.1 Å². The van der Waals surface area contributed by atoms with Crippen LogP contribution in [0.4, 0.5) is 5.13 Å². The van der Waals surface area contributed by atoms with Crippen molar-refractivity contribution in [3.05, 3.63) is 11.1 Å². The third-order valence-corrected chi connectivity index (χ3v) is 4.17. The van der Waals surface area contributed by atoms with Crippen LogP contribution in [0.1, 0.15) is 5.69 Å². The third-order valence-electron chi connectivity index (χ3n) is 3.29. The highest BCUT2D eigenvalue weighted by molar-refractivity contribution is 7.13. The lowest BCUT2D eigenvalue weighted by molar-refractivity contribution is -0.135. The van der Waals surface area contributed by atoms with Crippen molar-refractivity contribution in [1.29, 1.82) is 0 Å². The van der Waals surface area contributed by atoms with Gasteiger partial charge in [0.1, 0.15) is 6.04 Å². The first-order chi connectivity index (χ1) is 9.97. The highest BCUT2D eigenvalue weighted by Crippen LogP contribution is 2.14. The summed E-state index contributed by atoms with van der Waals surface area (Å²) in [6, 6.07) is -0.294. The maximum Gasteiger partial charge on any atom is 0.240 e. The number of carbonyl (C=O) groups is 2. The Kier molecular flexibility index (Phi) is 5.27.